The number of fused-ring (bicyclic) bond motifs is 1. The first-order valence-electron chi connectivity index (χ1n) is 10.3. The molecule has 0 aliphatic rings. The molecular weight excluding hydrogens is 395 g/mol. The molecule has 0 bridgehead atoms. The lowest BCUT2D eigenvalue weighted by Crippen LogP contribution is -2.31. The van der Waals surface area contributed by atoms with Crippen LogP contribution in [0.4, 0.5) is 0 Å². The number of hydrogen-bond donors (Lipinski definition) is 1. The van der Waals surface area contributed by atoms with E-state index in [4.69, 9.17) is 0 Å². The Hall–Kier alpha value is -3.66. The van der Waals surface area contributed by atoms with Crippen LogP contribution in [-0.2, 0) is 0 Å². The number of rotatable bonds is 4. The number of aromatic nitrogens is 1. The molecule has 1 aromatic heterocycles. The summed E-state index contributed by atoms with van der Waals surface area (Å²) in [6.45, 7) is 2.41. The fourth-order valence-corrected chi connectivity index (χ4v) is 7.76. The fourth-order valence-electron chi connectivity index (χ4n) is 4.31. The second kappa shape index (κ2) is 7.88. The van der Waals surface area contributed by atoms with Gasteiger partial charge in [0.05, 0.1) is 24.0 Å². The second-order valence-corrected chi connectivity index (χ2v) is 11.3. The predicted octanol–water partition coefficient (Wildman–Crippen LogP) is 5.63. The third-order valence-electron chi connectivity index (χ3n) is 5.97. The summed E-state index contributed by atoms with van der Waals surface area (Å²) in [6, 6.07) is 40.6. The van der Waals surface area contributed by atoms with Gasteiger partial charge < -0.3 is 4.98 Å². The van der Waals surface area contributed by atoms with E-state index < -0.39 is 7.26 Å². The number of nitriles is 1. The highest BCUT2D eigenvalue weighted by molar-refractivity contribution is 7.95. The average Bonchev–Trinajstić information content (AvgIpc) is 3.28. The first-order chi connectivity index (χ1) is 15.2. The highest BCUT2D eigenvalue weighted by Crippen LogP contribution is 2.53. The summed E-state index contributed by atoms with van der Waals surface area (Å²) in [7, 11) is -1.86. The van der Waals surface area contributed by atoms with Gasteiger partial charge in [-0.3, -0.25) is 0 Å². The van der Waals surface area contributed by atoms with Gasteiger partial charge >= 0.3 is 0 Å². The molecule has 148 valence electrons. The zero-order valence-electron chi connectivity index (χ0n) is 17.3. The van der Waals surface area contributed by atoms with Gasteiger partial charge in [-0.05, 0) is 54.6 Å². The van der Waals surface area contributed by atoms with Gasteiger partial charge in [0.15, 0.2) is 0 Å². The highest BCUT2D eigenvalue weighted by Gasteiger charge is 2.42. The predicted molar refractivity (Wildman–Crippen MR) is 133 cm³/mol. The van der Waals surface area contributed by atoms with Gasteiger partial charge in [-0.2, -0.15) is 5.26 Å². The molecule has 0 atom stereocenters. The highest BCUT2D eigenvalue weighted by atomic mass is 31.2. The second-order valence-electron chi connectivity index (χ2n) is 7.79. The molecule has 0 spiro atoms. The topological polar surface area (TPSA) is 39.6 Å². The Morgan fingerprint density at radius 2 is 1.32 bits per heavy atom. The lowest BCUT2D eigenvalue weighted by molar-refractivity contribution is 1.45. The van der Waals surface area contributed by atoms with Crippen molar-refractivity contribution in [2.24, 2.45) is 0 Å². The molecule has 0 amide bonds. The number of aromatic amines is 1. The molecule has 31 heavy (non-hydrogen) atoms. The molecule has 0 aliphatic heterocycles. The van der Waals surface area contributed by atoms with Crippen molar-refractivity contribution in [2.75, 3.05) is 6.66 Å². The van der Waals surface area contributed by atoms with Crippen LogP contribution in [0.3, 0.4) is 0 Å². The van der Waals surface area contributed by atoms with E-state index in [-0.39, 0.29) is 0 Å². The van der Waals surface area contributed by atoms with E-state index >= 15 is 0 Å². The van der Waals surface area contributed by atoms with E-state index in [1.54, 1.807) is 0 Å². The van der Waals surface area contributed by atoms with Gasteiger partial charge in [0.1, 0.15) is 23.2 Å². The van der Waals surface area contributed by atoms with Crippen molar-refractivity contribution >= 4 is 34.1 Å². The number of H-pyrrole nitrogens is 1. The fraction of sp³-hybridized carbons (Fsp3) is 0.0357. The number of benzene rings is 4. The van der Waals surface area contributed by atoms with Gasteiger partial charge in [-0.1, -0.05) is 54.6 Å². The Balaban J connectivity index is 1.76. The Kier molecular flexibility index (Phi) is 4.91. The SMILES string of the molecule is C[P+](c1ccccc1)(c1ccccc1)c1ccccc1-c1cc2ccc(C#N)cc2[nH]1. The number of nitrogens with one attached hydrogen (secondary N) is 1. The molecule has 0 unspecified atom stereocenters. The Labute approximate surface area is 183 Å². The van der Waals surface area contributed by atoms with Crippen LogP contribution in [-0.4, -0.2) is 11.6 Å². The minimum Gasteiger partial charge on any atom is -0.354 e. The van der Waals surface area contributed by atoms with E-state index in [1.807, 2.05) is 18.2 Å². The average molecular weight is 417 g/mol. The maximum Gasteiger partial charge on any atom is 0.113 e. The minimum absolute atomic E-state index is 0.667. The molecule has 1 N–H and O–H groups in total. The van der Waals surface area contributed by atoms with Crippen LogP contribution >= 0.6 is 7.26 Å². The molecule has 0 radical (unpaired) electrons. The zero-order valence-corrected chi connectivity index (χ0v) is 18.2. The van der Waals surface area contributed by atoms with Gasteiger partial charge in [0, 0.05) is 16.5 Å². The van der Waals surface area contributed by atoms with E-state index in [1.165, 1.54) is 21.5 Å². The van der Waals surface area contributed by atoms with Crippen LogP contribution in [0.15, 0.2) is 109 Å². The lowest BCUT2D eigenvalue weighted by Gasteiger charge is -2.25. The Bertz CT molecular complexity index is 1360. The standard InChI is InChI=1S/C28H22N2P/c1-31(23-10-4-2-5-11-23,24-12-6-3-7-13-24)28-15-9-8-14-25(28)27-19-22-17-16-21(20-29)18-26(22)30-27/h2-19,30H,1H3/q+1. The summed E-state index contributed by atoms with van der Waals surface area (Å²) in [6.07, 6.45) is 0. The number of hydrogen-bond acceptors (Lipinski definition) is 1. The van der Waals surface area contributed by atoms with E-state index in [2.05, 4.69) is 109 Å². The third-order valence-corrected chi connectivity index (χ3v) is 9.99. The van der Waals surface area contributed by atoms with Crippen molar-refractivity contribution < 1.29 is 0 Å². The summed E-state index contributed by atoms with van der Waals surface area (Å²) in [5.41, 5.74) is 3.95. The minimum atomic E-state index is -1.86. The Morgan fingerprint density at radius 1 is 0.710 bits per heavy atom. The van der Waals surface area contributed by atoms with Crippen LogP contribution in [0.25, 0.3) is 22.2 Å². The van der Waals surface area contributed by atoms with E-state index in [0.29, 0.717) is 5.56 Å². The third kappa shape index (κ3) is 3.34. The summed E-state index contributed by atoms with van der Waals surface area (Å²) >= 11 is 0. The zero-order chi connectivity index (χ0) is 21.3. The van der Waals surface area contributed by atoms with Crippen LogP contribution in [0, 0.1) is 11.3 Å². The molecule has 4 aromatic carbocycles. The van der Waals surface area contributed by atoms with E-state index in [0.717, 1.165) is 16.6 Å². The van der Waals surface area contributed by atoms with Crippen molar-refractivity contribution in [2.45, 2.75) is 0 Å². The van der Waals surface area contributed by atoms with Crippen molar-refractivity contribution in [3.8, 4) is 17.3 Å². The van der Waals surface area contributed by atoms with Crippen LogP contribution in [0.1, 0.15) is 5.56 Å². The molecule has 3 heteroatoms. The summed E-state index contributed by atoms with van der Waals surface area (Å²) < 4.78 is 0. The van der Waals surface area contributed by atoms with Gasteiger partial charge in [0.25, 0.3) is 0 Å². The summed E-state index contributed by atoms with van der Waals surface area (Å²) in [5, 5.41) is 14.4. The molecule has 0 aliphatic carbocycles. The monoisotopic (exact) mass is 417 g/mol. The van der Waals surface area contributed by atoms with Crippen molar-refractivity contribution in [1.29, 1.82) is 5.26 Å². The molecule has 1 heterocycles. The normalized spacial score (nSPS) is 11.4. The molecule has 0 saturated heterocycles. The molecule has 5 rings (SSSR count). The van der Waals surface area contributed by atoms with Crippen molar-refractivity contribution in [3.63, 3.8) is 0 Å². The van der Waals surface area contributed by atoms with Crippen molar-refractivity contribution in [1.82, 2.24) is 4.98 Å². The lowest BCUT2D eigenvalue weighted by atomic mass is 10.1. The van der Waals surface area contributed by atoms with Crippen LogP contribution < -0.4 is 15.9 Å². The first-order valence-corrected chi connectivity index (χ1v) is 12.5. The summed E-state index contributed by atoms with van der Waals surface area (Å²) in [4.78, 5) is 3.57. The molecule has 0 saturated carbocycles. The van der Waals surface area contributed by atoms with Crippen molar-refractivity contribution in [3.05, 3.63) is 115 Å². The smallest absolute Gasteiger partial charge is 0.113 e. The van der Waals surface area contributed by atoms with Gasteiger partial charge in [-0.15, -0.1) is 0 Å². The summed E-state index contributed by atoms with van der Waals surface area (Å²) in [5.74, 6) is 0. The van der Waals surface area contributed by atoms with Gasteiger partial charge in [-0.25, -0.2) is 0 Å². The van der Waals surface area contributed by atoms with E-state index in [9.17, 15) is 5.26 Å². The molecule has 5 aromatic rings. The van der Waals surface area contributed by atoms with Crippen LogP contribution in [0.5, 0.6) is 0 Å². The maximum atomic E-state index is 9.26. The van der Waals surface area contributed by atoms with Crippen LogP contribution in [0.2, 0.25) is 0 Å². The van der Waals surface area contributed by atoms with Gasteiger partial charge in [0.2, 0.25) is 0 Å². The molecular formula is C28H22N2P+. The molecule has 0 fully saturated rings. The number of nitrogens with zero attached hydrogens (tertiary/aromatic N) is 1. The molecule has 2 nitrogen and oxygen atoms in total. The first kappa shape index (κ1) is 19.3. The largest absolute Gasteiger partial charge is 0.354 e. The Morgan fingerprint density at radius 3 is 1.97 bits per heavy atom. The quantitative estimate of drug-likeness (QED) is 0.378. The maximum absolute atomic E-state index is 9.26.